The monoisotopic (exact) mass is 256 g/mol. The fourth-order valence-electron chi connectivity index (χ4n) is 1.68. The van der Waals surface area contributed by atoms with Crippen LogP contribution in [0, 0.1) is 21.4 Å². The number of anilines is 1. The molecule has 0 fully saturated rings. The summed E-state index contributed by atoms with van der Waals surface area (Å²) < 4.78 is 0. The van der Waals surface area contributed by atoms with Crippen molar-refractivity contribution >= 4 is 11.5 Å². The maximum Gasteiger partial charge on any atom is 0.270 e. The highest BCUT2D eigenvalue weighted by Crippen LogP contribution is 2.24. The van der Waals surface area contributed by atoms with E-state index in [9.17, 15) is 14.9 Å². The molecule has 0 amide bonds. The van der Waals surface area contributed by atoms with Gasteiger partial charge in [-0.15, -0.1) is 0 Å². The van der Waals surface area contributed by atoms with Crippen LogP contribution in [0.1, 0.15) is 5.56 Å². The van der Waals surface area contributed by atoms with Gasteiger partial charge in [-0.25, -0.2) is 0 Å². The molecule has 0 aliphatic rings. The first kappa shape index (κ1) is 12.3. The maximum absolute atomic E-state index is 11.6. The number of nitro benzene ring substituents is 1. The first-order chi connectivity index (χ1) is 9.02. The lowest BCUT2D eigenvalue weighted by molar-refractivity contribution is -0.384. The predicted molar refractivity (Wildman–Crippen MR) is 68.3 cm³/mol. The molecule has 0 radical (unpaired) electrons. The van der Waals surface area contributed by atoms with Crippen LogP contribution >= 0.6 is 0 Å². The summed E-state index contributed by atoms with van der Waals surface area (Å²) in [6.45, 7) is 0. The van der Waals surface area contributed by atoms with E-state index in [0.717, 1.165) is 6.07 Å². The van der Waals surface area contributed by atoms with Crippen molar-refractivity contribution in [2.45, 2.75) is 0 Å². The summed E-state index contributed by atoms with van der Waals surface area (Å²) in [5.41, 5.74) is 5.26. The molecule has 2 rings (SSSR count). The minimum Gasteiger partial charge on any atom is -0.385 e. The van der Waals surface area contributed by atoms with Gasteiger partial charge in [0.25, 0.3) is 5.69 Å². The maximum atomic E-state index is 11.6. The van der Waals surface area contributed by atoms with Gasteiger partial charge in [0.15, 0.2) is 0 Å². The van der Waals surface area contributed by atoms with E-state index in [1.165, 1.54) is 18.2 Å². The smallest absolute Gasteiger partial charge is 0.270 e. The molecule has 0 saturated carbocycles. The Kier molecular flexibility index (Phi) is 3.00. The fourth-order valence-corrected chi connectivity index (χ4v) is 1.68. The molecule has 94 valence electrons. The number of nitro groups is 1. The Balaban J connectivity index is 2.72. The predicted octanol–water partition coefficient (Wildman–Crippen LogP) is 1.40. The quantitative estimate of drug-likeness (QED) is 0.620. The zero-order chi connectivity index (χ0) is 14.0. The van der Waals surface area contributed by atoms with E-state index in [1.54, 1.807) is 12.1 Å². The number of nitrogen functional groups attached to an aromatic ring is 1. The number of aromatic nitrogens is 1. The van der Waals surface area contributed by atoms with E-state index >= 15 is 0 Å². The molecule has 0 atom stereocenters. The van der Waals surface area contributed by atoms with Gasteiger partial charge in [0.05, 0.1) is 10.6 Å². The van der Waals surface area contributed by atoms with Gasteiger partial charge in [0, 0.05) is 23.8 Å². The molecule has 19 heavy (non-hydrogen) atoms. The van der Waals surface area contributed by atoms with E-state index in [1.807, 2.05) is 0 Å². The summed E-state index contributed by atoms with van der Waals surface area (Å²) in [5.74, 6) is 0.0884. The number of benzene rings is 1. The molecule has 0 aliphatic carbocycles. The topological polar surface area (TPSA) is 126 Å². The Morgan fingerprint density at radius 3 is 2.74 bits per heavy atom. The van der Waals surface area contributed by atoms with Crippen LogP contribution < -0.4 is 11.2 Å². The minimum absolute atomic E-state index is 0.0884. The third-order valence-electron chi connectivity index (χ3n) is 2.51. The molecule has 3 N–H and O–H groups in total. The summed E-state index contributed by atoms with van der Waals surface area (Å²) >= 11 is 0. The van der Waals surface area contributed by atoms with Crippen molar-refractivity contribution in [1.82, 2.24) is 4.98 Å². The normalized spacial score (nSPS) is 9.84. The van der Waals surface area contributed by atoms with Gasteiger partial charge >= 0.3 is 0 Å². The lowest BCUT2D eigenvalue weighted by Crippen LogP contribution is -2.10. The minimum atomic E-state index is -0.556. The number of nitrogens with two attached hydrogens (primary N) is 1. The molecule has 0 spiro atoms. The number of nitrogens with zero attached hydrogens (tertiary/aromatic N) is 2. The van der Waals surface area contributed by atoms with E-state index < -0.39 is 10.4 Å². The van der Waals surface area contributed by atoms with Gasteiger partial charge in [-0.3, -0.25) is 14.9 Å². The van der Waals surface area contributed by atoms with Gasteiger partial charge < -0.3 is 10.7 Å². The number of hydrogen-bond donors (Lipinski definition) is 2. The third-order valence-corrected chi connectivity index (χ3v) is 2.51. The number of nitrogens with one attached hydrogen (secondary N) is 1. The van der Waals surface area contributed by atoms with E-state index in [4.69, 9.17) is 11.0 Å². The van der Waals surface area contributed by atoms with Crippen LogP contribution in [0.4, 0.5) is 11.5 Å². The molecule has 0 bridgehead atoms. The van der Waals surface area contributed by atoms with Crippen molar-refractivity contribution in [3.05, 3.63) is 56.2 Å². The molecule has 1 heterocycles. The third kappa shape index (κ3) is 2.28. The molecule has 2 aromatic rings. The zero-order valence-corrected chi connectivity index (χ0v) is 9.58. The summed E-state index contributed by atoms with van der Waals surface area (Å²) in [6, 6.07) is 8.48. The first-order valence-corrected chi connectivity index (χ1v) is 5.20. The van der Waals surface area contributed by atoms with Crippen LogP contribution in [0.15, 0.2) is 35.1 Å². The van der Waals surface area contributed by atoms with Gasteiger partial charge in [0.2, 0.25) is 5.43 Å². The molecule has 7 heteroatoms. The van der Waals surface area contributed by atoms with Gasteiger partial charge in [0.1, 0.15) is 17.5 Å². The van der Waals surface area contributed by atoms with Crippen LogP contribution in [0.2, 0.25) is 0 Å². The van der Waals surface area contributed by atoms with Gasteiger partial charge in [-0.05, 0) is 0 Å². The number of H-pyrrole nitrogens is 1. The lowest BCUT2D eigenvalue weighted by atomic mass is 10.1. The second-order valence-corrected chi connectivity index (χ2v) is 3.76. The summed E-state index contributed by atoms with van der Waals surface area (Å²) in [7, 11) is 0. The van der Waals surface area contributed by atoms with Crippen LogP contribution in [-0.2, 0) is 0 Å². The van der Waals surface area contributed by atoms with Crippen molar-refractivity contribution in [2.24, 2.45) is 0 Å². The molecule has 7 nitrogen and oxygen atoms in total. The molecule has 1 aromatic carbocycles. The van der Waals surface area contributed by atoms with Crippen LogP contribution in [-0.4, -0.2) is 9.91 Å². The highest BCUT2D eigenvalue weighted by molar-refractivity contribution is 5.69. The highest BCUT2D eigenvalue weighted by atomic mass is 16.6. The Labute approximate surface area is 107 Å². The Hall–Kier alpha value is -3.14. The summed E-state index contributed by atoms with van der Waals surface area (Å²) in [5, 5.41) is 19.7. The number of nitriles is 1. The van der Waals surface area contributed by atoms with Crippen molar-refractivity contribution in [3.63, 3.8) is 0 Å². The number of hydrogen-bond acceptors (Lipinski definition) is 5. The molecule has 0 saturated heterocycles. The van der Waals surface area contributed by atoms with Crippen molar-refractivity contribution in [3.8, 4) is 17.3 Å². The molecule has 0 aliphatic heterocycles. The molecular weight excluding hydrogens is 248 g/mol. The largest absolute Gasteiger partial charge is 0.385 e. The number of rotatable bonds is 2. The zero-order valence-electron chi connectivity index (χ0n) is 9.58. The summed E-state index contributed by atoms with van der Waals surface area (Å²) in [4.78, 5) is 24.5. The highest BCUT2D eigenvalue weighted by Gasteiger charge is 2.13. The molecule has 0 unspecified atom stereocenters. The standard InChI is InChI=1S/C12H8N4O3/c13-6-9-10(17)5-11(14)15-12(9)7-2-1-3-8(4-7)16(18)19/h1-5H,(H3,14,15,17). The van der Waals surface area contributed by atoms with Crippen LogP contribution in [0.25, 0.3) is 11.3 Å². The van der Waals surface area contributed by atoms with Crippen LogP contribution in [0.5, 0.6) is 0 Å². The number of aromatic amines is 1. The first-order valence-electron chi connectivity index (χ1n) is 5.20. The van der Waals surface area contributed by atoms with Gasteiger partial charge in [-0.2, -0.15) is 5.26 Å². The summed E-state index contributed by atoms with van der Waals surface area (Å²) in [6.07, 6.45) is 0. The van der Waals surface area contributed by atoms with E-state index in [-0.39, 0.29) is 22.8 Å². The van der Waals surface area contributed by atoms with E-state index in [2.05, 4.69) is 4.98 Å². The number of pyridine rings is 1. The molecular formula is C12H8N4O3. The second kappa shape index (κ2) is 4.62. The molecule has 1 aromatic heterocycles. The Morgan fingerprint density at radius 2 is 2.11 bits per heavy atom. The van der Waals surface area contributed by atoms with Crippen LogP contribution in [0.3, 0.4) is 0 Å². The van der Waals surface area contributed by atoms with Crippen molar-refractivity contribution in [1.29, 1.82) is 5.26 Å². The Bertz CT molecular complexity index is 758. The van der Waals surface area contributed by atoms with Gasteiger partial charge in [-0.1, -0.05) is 12.1 Å². The van der Waals surface area contributed by atoms with E-state index in [0.29, 0.717) is 5.56 Å². The van der Waals surface area contributed by atoms with Crippen molar-refractivity contribution in [2.75, 3.05) is 5.73 Å². The fraction of sp³-hybridized carbons (Fsp3) is 0. The average Bonchev–Trinajstić information content (AvgIpc) is 2.38. The average molecular weight is 256 g/mol. The lowest BCUT2D eigenvalue weighted by Gasteiger charge is -2.05. The Morgan fingerprint density at radius 1 is 1.37 bits per heavy atom. The van der Waals surface area contributed by atoms with Crippen molar-refractivity contribution < 1.29 is 4.92 Å². The number of non-ortho nitro benzene ring substituents is 1. The SMILES string of the molecule is N#Cc1c(-c2cccc([N+](=O)[O-])c2)[nH]c(N)cc1=O. The second-order valence-electron chi connectivity index (χ2n) is 3.76.